The van der Waals surface area contributed by atoms with Crippen LogP contribution in [0, 0.1) is 13.8 Å². The van der Waals surface area contributed by atoms with E-state index in [-0.39, 0.29) is 18.8 Å². The van der Waals surface area contributed by atoms with Crippen LogP contribution < -0.4 is 0 Å². The Morgan fingerprint density at radius 3 is 2.47 bits per heavy atom. The largest absolute Gasteiger partial charge is 0.464 e. The summed E-state index contributed by atoms with van der Waals surface area (Å²) in [6, 6.07) is 3.80. The summed E-state index contributed by atoms with van der Waals surface area (Å²) in [6.07, 6.45) is 2.14. The van der Waals surface area contributed by atoms with Crippen molar-refractivity contribution in [2.45, 2.75) is 32.6 Å². The van der Waals surface area contributed by atoms with Gasteiger partial charge in [-0.2, -0.15) is 0 Å². The maximum Gasteiger partial charge on any atom is 0.314 e. The van der Waals surface area contributed by atoms with Gasteiger partial charge in [0.1, 0.15) is 5.76 Å². The summed E-state index contributed by atoms with van der Waals surface area (Å²) in [5, 5.41) is 0. The van der Waals surface area contributed by atoms with Crippen LogP contribution in [0.3, 0.4) is 0 Å². The number of fused-ring (bicyclic) bond motifs is 1. The van der Waals surface area contributed by atoms with Crippen LogP contribution in [0.15, 0.2) is 22.8 Å². The van der Waals surface area contributed by atoms with E-state index in [1.54, 1.807) is 6.26 Å². The second kappa shape index (κ2) is 4.23. The summed E-state index contributed by atoms with van der Waals surface area (Å²) < 4.78 is 10.1. The Morgan fingerprint density at radius 1 is 1.11 bits per heavy atom. The van der Waals surface area contributed by atoms with Gasteiger partial charge in [-0.3, -0.25) is 9.59 Å². The molecule has 98 valence electrons. The van der Waals surface area contributed by atoms with E-state index in [0.29, 0.717) is 0 Å². The molecular formula is C15H14O4. The minimum absolute atomic E-state index is 0.109. The van der Waals surface area contributed by atoms with Gasteiger partial charge in [-0.1, -0.05) is 0 Å². The standard InChI is InChI=1S/C15H14O4/c1-8-9(2)15-11(4-3-5-18-15)14(8)10-6-12(16)19-13(17)7-10/h3-5,10H,6-7H2,1-2H3. The van der Waals surface area contributed by atoms with E-state index < -0.39 is 11.9 Å². The zero-order chi connectivity index (χ0) is 13.6. The molecule has 0 bridgehead atoms. The normalized spacial score (nSPS) is 16.9. The van der Waals surface area contributed by atoms with Crippen LogP contribution in [0.4, 0.5) is 0 Å². The molecule has 3 rings (SSSR count). The molecule has 4 heteroatoms. The molecule has 3 aliphatic rings. The number of hydrogen-bond acceptors (Lipinski definition) is 4. The number of carbonyl (C=O) groups excluding carboxylic acids is 2. The van der Waals surface area contributed by atoms with Crippen molar-refractivity contribution in [1.29, 1.82) is 0 Å². The predicted molar refractivity (Wildman–Crippen MR) is 67.9 cm³/mol. The molecule has 2 heterocycles. The number of cyclic esters (lactones) is 2. The second-order valence-electron chi connectivity index (χ2n) is 4.97. The molecule has 0 unspecified atom stereocenters. The fourth-order valence-electron chi connectivity index (χ4n) is 2.87. The highest BCUT2D eigenvalue weighted by Gasteiger charge is 2.33. The number of hydrogen-bond donors (Lipinski definition) is 0. The van der Waals surface area contributed by atoms with Gasteiger partial charge in [0.25, 0.3) is 0 Å². The highest BCUT2D eigenvalue weighted by molar-refractivity contribution is 5.90. The van der Waals surface area contributed by atoms with Gasteiger partial charge in [0, 0.05) is 11.5 Å². The van der Waals surface area contributed by atoms with Crippen molar-refractivity contribution < 1.29 is 18.7 Å². The fourth-order valence-corrected chi connectivity index (χ4v) is 2.87. The van der Waals surface area contributed by atoms with Crippen molar-refractivity contribution in [2.75, 3.05) is 0 Å². The molecule has 0 amide bonds. The van der Waals surface area contributed by atoms with Gasteiger partial charge in [0.05, 0.1) is 19.1 Å². The van der Waals surface area contributed by atoms with E-state index in [1.165, 1.54) is 0 Å². The molecule has 1 saturated heterocycles. The van der Waals surface area contributed by atoms with Gasteiger partial charge in [0.2, 0.25) is 0 Å². The summed E-state index contributed by atoms with van der Waals surface area (Å²) in [7, 11) is 0. The molecule has 4 nitrogen and oxygen atoms in total. The quantitative estimate of drug-likeness (QED) is 0.583. The summed E-state index contributed by atoms with van der Waals surface area (Å²) in [6.45, 7) is 4.00. The van der Waals surface area contributed by atoms with E-state index in [4.69, 9.17) is 4.42 Å². The third-order valence-electron chi connectivity index (χ3n) is 3.83. The minimum Gasteiger partial charge on any atom is -0.464 e. The highest BCUT2D eigenvalue weighted by Crippen LogP contribution is 2.43. The van der Waals surface area contributed by atoms with Gasteiger partial charge < -0.3 is 9.15 Å². The van der Waals surface area contributed by atoms with E-state index in [1.807, 2.05) is 26.0 Å². The van der Waals surface area contributed by atoms with Crippen LogP contribution in [-0.2, 0) is 14.3 Å². The first-order valence-electron chi connectivity index (χ1n) is 6.27. The maximum atomic E-state index is 11.4. The zero-order valence-corrected chi connectivity index (χ0v) is 10.9. The van der Waals surface area contributed by atoms with Gasteiger partial charge in [-0.15, -0.1) is 0 Å². The maximum absolute atomic E-state index is 11.4. The van der Waals surface area contributed by atoms with E-state index in [2.05, 4.69) is 4.74 Å². The molecule has 0 aromatic heterocycles. The summed E-state index contributed by atoms with van der Waals surface area (Å²) in [5.74, 6) is -0.162. The van der Waals surface area contributed by atoms with Crippen molar-refractivity contribution in [3.8, 4) is 11.3 Å². The van der Waals surface area contributed by atoms with E-state index in [0.717, 1.165) is 28.0 Å². The fraction of sp³-hybridized carbons (Fsp3) is 0.333. The summed E-state index contributed by atoms with van der Waals surface area (Å²) in [5.41, 5.74) is 4.20. The lowest BCUT2D eigenvalue weighted by Gasteiger charge is -2.21. The SMILES string of the molecule is Cc1c2occcc-2c(C2CC(=O)OC(=O)C2)c1C. The lowest BCUT2D eigenvalue weighted by atomic mass is 9.88. The Labute approximate surface area is 110 Å². The van der Waals surface area contributed by atoms with Crippen LogP contribution in [0.1, 0.15) is 35.4 Å². The zero-order valence-electron chi connectivity index (χ0n) is 10.9. The lowest BCUT2D eigenvalue weighted by Crippen LogP contribution is -2.24. The Balaban J connectivity index is 2.13. The van der Waals surface area contributed by atoms with Crippen molar-refractivity contribution in [1.82, 2.24) is 0 Å². The molecule has 0 aromatic rings. The lowest BCUT2D eigenvalue weighted by molar-refractivity contribution is -0.163. The van der Waals surface area contributed by atoms with Crippen molar-refractivity contribution in [3.05, 3.63) is 35.1 Å². The average Bonchev–Trinajstić information content (AvgIpc) is 2.61. The monoisotopic (exact) mass is 258 g/mol. The molecular weight excluding hydrogens is 244 g/mol. The molecule has 0 saturated carbocycles. The minimum atomic E-state index is -0.444. The first-order chi connectivity index (χ1) is 9.08. The number of rotatable bonds is 1. The molecule has 0 aromatic carbocycles. The number of esters is 2. The highest BCUT2D eigenvalue weighted by atomic mass is 16.6. The van der Waals surface area contributed by atoms with Crippen LogP contribution in [0.25, 0.3) is 11.3 Å². The molecule has 2 aliphatic heterocycles. The van der Waals surface area contributed by atoms with Crippen LogP contribution in [-0.4, -0.2) is 11.9 Å². The Bertz CT molecular complexity index is 622. The number of ether oxygens (including phenoxy) is 1. The number of carbonyl (C=O) groups is 2. The molecule has 1 fully saturated rings. The van der Waals surface area contributed by atoms with Crippen molar-refractivity contribution in [3.63, 3.8) is 0 Å². The molecule has 1 aliphatic carbocycles. The Kier molecular flexibility index (Phi) is 2.66. The van der Waals surface area contributed by atoms with Crippen molar-refractivity contribution >= 4 is 11.9 Å². The van der Waals surface area contributed by atoms with Gasteiger partial charge in [-0.25, -0.2) is 0 Å². The molecule has 0 spiro atoms. The predicted octanol–water partition coefficient (Wildman–Crippen LogP) is 2.95. The summed E-state index contributed by atoms with van der Waals surface area (Å²) in [4.78, 5) is 22.9. The smallest absolute Gasteiger partial charge is 0.314 e. The topological polar surface area (TPSA) is 56.5 Å². The first kappa shape index (κ1) is 12.0. The van der Waals surface area contributed by atoms with Crippen LogP contribution in [0.2, 0.25) is 0 Å². The third kappa shape index (κ3) is 1.84. The molecule has 0 radical (unpaired) electrons. The Morgan fingerprint density at radius 2 is 1.79 bits per heavy atom. The van der Waals surface area contributed by atoms with Crippen LogP contribution in [0.5, 0.6) is 0 Å². The van der Waals surface area contributed by atoms with Gasteiger partial charge in [0.15, 0.2) is 0 Å². The first-order valence-corrected chi connectivity index (χ1v) is 6.27. The second-order valence-corrected chi connectivity index (χ2v) is 4.97. The summed E-state index contributed by atoms with van der Waals surface area (Å²) >= 11 is 0. The van der Waals surface area contributed by atoms with Crippen LogP contribution >= 0.6 is 0 Å². The van der Waals surface area contributed by atoms with Crippen molar-refractivity contribution in [2.24, 2.45) is 0 Å². The molecule has 0 N–H and O–H groups in total. The average molecular weight is 258 g/mol. The third-order valence-corrected chi connectivity index (χ3v) is 3.83. The van der Waals surface area contributed by atoms with E-state index in [9.17, 15) is 9.59 Å². The molecule has 19 heavy (non-hydrogen) atoms. The van der Waals surface area contributed by atoms with E-state index >= 15 is 0 Å². The van der Waals surface area contributed by atoms with Gasteiger partial charge >= 0.3 is 11.9 Å². The molecule has 0 atom stereocenters. The Hall–Kier alpha value is -2.10. The van der Waals surface area contributed by atoms with Gasteiger partial charge in [-0.05, 0) is 42.7 Å².